The van der Waals surface area contributed by atoms with Crippen molar-refractivity contribution in [3.63, 3.8) is 0 Å². The zero-order chi connectivity index (χ0) is 11.1. The molecule has 0 aliphatic carbocycles. The molecular formula is C12H14O3. The maximum Gasteiger partial charge on any atom is 0.153 e. The fourth-order valence-electron chi connectivity index (χ4n) is 1.10. The van der Waals surface area contributed by atoms with Crippen LogP contribution in [0.5, 0.6) is 11.5 Å². The number of allylic oxidation sites excluding steroid dienone is 1. The molecule has 1 aromatic rings. The molecule has 0 fully saturated rings. The van der Waals surface area contributed by atoms with Gasteiger partial charge in [0.1, 0.15) is 18.1 Å². The van der Waals surface area contributed by atoms with Gasteiger partial charge in [-0.15, -0.1) is 0 Å². The fraction of sp³-hybridized carbons (Fsp3) is 0.250. The molecule has 15 heavy (non-hydrogen) atoms. The smallest absolute Gasteiger partial charge is 0.153 e. The SMILES string of the molecule is C/C=C/COc1cc(OC)ccc1C=O. The van der Waals surface area contributed by atoms with Crippen molar-refractivity contribution in [1.29, 1.82) is 0 Å². The molecule has 1 rings (SSSR count). The summed E-state index contributed by atoms with van der Waals surface area (Å²) in [4.78, 5) is 10.7. The Labute approximate surface area is 89.3 Å². The number of carbonyl (C=O) groups excluding carboxylic acids is 1. The maximum atomic E-state index is 10.7. The Morgan fingerprint density at radius 2 is 2.20 bits per heavy atom. The van der Waals surface area contributed by atoms with Crippen LogP contribution in [0.25, 0.3) is 0 Å². The van der Waals surface area contributed by atoms with Crippen molar-refractivity contribution in [2.75, 3.05) is 13.7 Å². The van der Waals surface area contributed by atoms with Crippen LogP contribution in [0.3, 0.4) is 0 Å². The van der Waals surface area contributed by atoms with Crippen LogP contribution >= 0.6 is 0 Å². The molecule has 1 aromatic carbocycles. The number of benzene rings is 1. The second-order valence-corrected chi connectivity index (χ2v) is 2.90. The number of hydrogen-bond donors (Lipinski definition) is 0. The van der Waals surface area contributed by atoms with Crippen LogP contribution in [0.15, 0.2) is 30.4 Å². The van der Waals surface area contributed by atoms with E-state index in [1.54, 1.807) is 25.3 Å². The first-order chi connectivity index (χ1) is 7.31. The van der Waals surface area contributed by atoms with Gasteiger partial charge in [0.25, 0.3) is 0 Å². The molecule has 0 spiro atoms. The Kier molecular flexibility index (Phi) is 4.41. The van der Waals surface area contributed by atoms with Gasteiger partial charge in [0.15, 0.2) is 6.29 Å². The third-order valence-electron chi connectivity index (χ3n) is 1.92. The molecule has 0 amide bonds. The lowest BCUT2D eigenvalue weighted by Gasteiger charge is -2.07. The summed E-state index contributed by atoms with van der Waals surface area (Å²) in [6, 6.07) is 5.11. The first kappa shape index (κ1) is 11.3. The second kappa shape index (κ2) is 5.86. The minimum absolute atomic E-state index is 0.449. The van der Waals surface area contributed by atoms with Crippen LogP contribution in [-0.2, 0) is 0 Å². The van der Waals surface area contributed by atoms with E-state index in [4.69, 9.17) is 9.47 Å². The van der Waals surface area contributed by atoms with Crippen LogP contribution in [0, 0.1) is 0 Å². The molecule has 0 radical (unpaired) electrons. The van der Waals surface area contributed by atoms with E-state index in [0.717, 1.165) is 6.29 Å². The molecule has 0 unspecified atom stereocenters. The summed E-state index contributed by atoms with van der Waals surface area (Å²) in [5, 5.41) is 0. The highest BCUT2D eigenvalue weighted by Crippen LogP contribution is 2.23. The lowest BCUT2D eigenvalue weighted by atomic mass is 10.2. The van der Waals surface area contributed by atoms with Gasteiger partial charge >= 0.3 is 0 Å². The van der Waals surface area contributed by atoms with E-state index in [-0.39, 0.29) is 0 Å². The van der Waals surface area contributed by atoms with Crippen molar-refractivity contribution in [2.24, 2.45) is 0 Å². The van der Waals surface area contributed by atoms with Gasteiger partial charge in [0.2, 0.25) is 0 Å². The maximum absolute atomic E-state index is 10.7. The van der Waals surface area contributed by atoms with E-state index in [1.165, 1.54) is 0 Å². The first-order valence-electron chi connectivity index (χ1n) is 4.69. The van der Waals surface area contributed by atoms with Gasteiger partial charge in [-0.05, 0) is 19.1 Å². The van der Waals surface area contributed by atoms with Gasteiger partial charge in [0, 0.05) is 6.07 Å². The summed E-state index contributed by atoms with van der Waals surface area (Å²) in [5.74, 6) is 1.22. The van der Waals surface area contributed by atoms with Gasteiger partial charge in [-0.1, -0.05) is 12.2 Å². The highest BCUT2D eigenvalue weighted by Gasteiger charge is 2.03. The number of hydrogen-bond acceptors (Lipinski definition) is 3. The van der Waals surface area contributed by atoms with Crippen molar-refractivity contribution in [1.82, 2.24) is 0 Å². The lowest BCUT2D eigenvalue weighted by molar-refractivity contribution is 0.112. The molecule has 0 saturated carbocycles. The van der Waals surface area contributed by atoms with E-state index >= 15 is 0 Å². The van der Waals surface area contributed by atoms with Crippen LogP contribution < -0.4 is 9.47 Å². The van der Waals surface area contributed by atoms with Crippen molar-refractivity contribution in [2.45, 2.75) is 6.92 Å². The molecule has 0 bridgehead atoms. The average Bonchev–Trinajstić information content (AvgIpc) is 2.29. The molecule has 0 aliphatic rings. The van der Waals surface area contributed by atoms with Gasteiger partial charge < -0.3 is 9.47 Å². The summed E-state index contributed by atoms with van der Waals surface area (Å²) < 4.78 is 10.5. The molecule has 0 saturated heterocycles. The van der Waals surface area contributed by atoms with Crippen molar-refractivity contribution < 1.29 is 14.3 Å². The molecule has 0 aliphatic heterocycles. The third kappa shape index (κ3) is 3.13. The Balaban J connectivity index is 2.85. The molecule has 3 heteroatoms. The Hall–Kier alpha value is -1.77. The Bertz CT molecular complexity index is 356. The van der Waals surface area contributed by atoms with Crippen LogP contribution in [0.1, 0.15) is 17.3 Å². The zero-order valence-electron chi connectivity index (χ0n) is 8.90. The van der Waals surface area contributed by atoms with Gasteiger partial charge in [0.05, 0.1) is 12.7 Å². The van der Waals surface area contributed by atoms with Crippen LogP contribution in [-0.4, -0.2) is 20.0 Å². The van der Waals surface area contributed by atoms with E-state index in [0.29, 0.717) is 23.7 Å². The van der Waals surface area contributed by atoms with E-state index < -0.39 is 0 Å². The Morgan fingerprint density at radius 1 is 1.40 bits per heavy atom. The predicted molar refractivity (Wildman–Crippen MR) is 58.7 cm³/mol. The third-order valence-corrected chi connectivity index (χ3v) is 1.92. The highest BCUT2D eigenvalue weighted by atomic mass is 16.5. The van der Waals surface area contributed by atoms with E-state index in [9.17, 15) is 4.79 Å². The lowest BCUT2D eigenvalue weighted by Crippen LogP contribution is -1.97. The molecular weight excluding hydrogens is 192 g/mol. The normalized spacial score (nSPS) is 10.3. The molecule has 0 atom stereocenters. The molecule has 0 aromatic heterocycles. The zero-order valence-corrected chi connectivity index (χ0v) is 8.90. The standard InChI is InChI=1S/C12H14O3/c1-3-4-7-15-12-8-11(14-2)6-5-10(12)9-13/h3-6,8-9H,7H2,1-2H3/b4-3+. The summed E-state index contributed by atoms with van der Waals surface area (Å²) in [6.07, 6.45) is 4.53. The molecule has 3 nitrogen and oxygen atoms in total. The first-order valence-corrected chi connectivity index (χ1v) is 4.69. The minimum atomic E-state index is 0.449. The summed E-state index contributed by atoms with van der Waals surface area (Å²) >= 11 is 0. The van der Waals surface area contributed by atoms with Crippen molar-refractivity contribution in [3.8, 4) is 11.5 Å². The summed E-state index contributed by atoms with van der Waals surface area (Å²) in [6.45, 7) is 2.36. The van der Waals surface area contributed by atoms with Crippen molar-refractivity contribution >= 4 is 6.29 Å². The van der Waals surface area contributed by atoms with E-state index in [2.05, 4.69) is 0 Å². The van der Waals surface area contributed by atoms with Gasteiger partial charge in [-0.2, -0.15) is 0 Å². The molecule has 80 valence electrons. The number of aldehydes is 1. The second-order valence-electron chi connectivity index (χ2n) is 2.90. The Morgan fingerprint density at radius 3 is 2.80 bits per heavy atom. The topological polar surface area (TPSA) is 35.5 Å². The number of carbonyl (C=O) groups is 1. The average molecular weight is 206 g/mol. The number of ether oxygens (including phenoxy) is 2. The monoisotopic (exact) mass is 206 g/mol. The number of rotatable bonds is 5. The highest BCUT2D eigenvalue weighted by molar-refractivity contribution is 5.79. The van der Waals surface area contributed by atoms with Crippen molar-refractivity contribution in [3.05, 3.63) is 35.9 Å². The molecule has 0 N–H and O–H groups in total. The minimum Gasteiger partial charge on any atom is -0.497 e. The quantitative estimate of drug-likeness (QED) is 0.548. The van der Waals surface area contributed by atoms with Crippen LogP contribution in [0.2, 0.25) is 0 Å². The van der Waals surface area contributed by atoms with Gasteiger partial charge in [-0.25, -0.2) is 0 Å². The fourth-order valence-corrected chi connectivity index (χ4v) is 1.10. The summed E-state index contributed by atoms with van der Waals surface area (Å²) in [5.41, 5.74) is 0.528. The number of methoxy groups -OCH3 is 1. The summed E-state index contributed by atoms with van der Waals surface area (Å²) in [7, 11) is 1.58. The largest absolute Gasteiger partial charge is 0.497 e. The predicted octanol–water partition coefficient (Wildman–Crippen LogP) is 2.46. The van der Waals surface area contributed by atoms with Crippen LogP contribution in [0.4, 0.5) is 0 Å². The van der Waals surface area contributed by atoms with Gasteiger partial charge in [-0.3, -0.25) is 4.79 Å². The molecule has 0 heterocycles. The van der Waals surface area contributed by atoms with E-state index in [1.807, 2.05) is 19.1 Å².